The second kappa shape index (κ2) is 18.5. The van der Waals surface area contributed by atoms with Gasteiger partial charge in [-0.1, -0.05) is 62.4 Å². The first-order chi connectivity index (χ1) is 24.6. The van der Waals surface area contributed by atoms with Gasteiger partial charge < -0.3 is 33.5 Å². The van der Waals surface area contributed by atoms with Crippen LogP contribution in [0.15, 0.2) is 109 Å². The Balaban J connectivity index is 1.55. The first-order valence-corrected chi connectivity index (χ1v) is 16.5. The molecule has 0 bridgehead atoms. The van der Waals surface area contributed by atoms with E-state index in [0.717, 1.165) is 0 Å². The molecule has 0 spiro atoms. The summed E-state index contributed by atoms with van der Waals surface area (Å²) in [7, 11) is 1.52. The van der Waals surface area contributed by atoms with E-state index < -0.39 is 35.1 Å². The molecule has 0 heterocycles. The van der Waals surface area contributed by atoms with Crippen LogP contribution in [0.25, 0.3) is 0 Å². The van der Waals surface area contributed by atoms with Crippen molar-refractivity contribution >= 4 is 23.9 Å². The average Bonchev–Trinajstić information content (AvgIpc) is 3.19. The predicted octanol–water partition coefficient (Wildman–Crippen LogP) is 6.23. The van der Waals surface area contributed by atoms with Gasteiger partial charge in [0.15, 0.2) is 11.2 Å². The van der Waals surface area contributed by atoms with Crippen molar-refractivity contribution < 1.29 is 52.7 Å². The van der Waals surface area contributed by atoms with Gasteiger partial charge in [0.1, 0.15) is 19.0 Å². The lowest BCUT2D eigenvalue weighted by Crippen LogP contribution is -2.48. The fourth-order valence-electron chi connectivity index (χ4n) is 4.87. The predicted molar refractivity (Wildman–Crippen MR) is 187 cm³/mol. The van der Waals surface area contributed by atoms with E-state index >= 15 is 0 Å². The van der Waals surface area contributed by atoms with E-state index in [1.807, 2.05) is 0 Å². The molecule has 0 radical (unpaired) electrons. The fraction of sp³-hybridized carbons (Fsp3) is 0.300. The summed E-state index contributed by atoms with van der Waals surface area (Å²) in [6.45, 7) is 2.09. The van der Waals surface area contributed by atoms with Crippen molar-refractivity contribution in [2.45, 2.75) is 44.5 Å². The van der Waals surface area contributed by atoms with Crippen molar-refractivity contribution in [1.29, 1.82) is 0 Å². The molecule has 268 valence electrons. The quantitative estimate of drug-likeness (QED) is 0.0933. The second-order valence-electron chi connectivity index (χ2n) is 11.8. The molecule has 51 heavy (non-hydrogen) atoms. The molecule has 0 aromatic heterocycles. The first-order valence-electron chi connectivity index (χ1n) is 16.5. The van der Waals surface area contributed by atoms with Crippen molar-refractivity contribution in [3.63, 3.8) is 0 Å². The first kappa shape index (κ1) is 38.3. The van der Waals surface area contributed by atoms with Crippen LogP contribution in [0.2, 0.25) is 0 Å². The number of benzene rings is 4. The normalized spacial score (nSPS) is 13.2. The molecule has 2 unspecified atom stereocenters. The van der Waals surface area contributed by atoms with Gasteiger partial charge in [-0.3, -0.25) is 0 Å². The minimum atomic E-state index is -1.46. The third-order valence-electron chi connectivity index (χ3n) is 8.29. The van der Waals surface area contributed by atoms with E-state index in [0.29, 0.717) is 11.3 Å². The van der Waals surface area contributed by atoms with Crippen LogP contribution in [0.3, 0.4) is 0 Å². The summed E-state index contributed by atoms with van der Waals surface area (Å²) < 4.78 is 34.6. The van der Waals surface area contributed by atoms with Gasteiger partial charge >= 0.3 is 23.9 Å². The van der Waals surface area contributed by atoms with Crippen molar-refractivity contribution in [2.75, 3.05) is 33.5 Å². The number of aliphatic hydroxyl groups excluding tert-OH is 1. The van der Waals surface area contributed by atoms with Crippen molar-refractivity contribution in [3.05, 3.63) is 137 Å². The van der Waals surface area contributed by atoms with E-state index in [-0.39, 0.29) is 68.1 Å². The summed E-state index contributed by atoms with van der Waals surface area (Å²) in [5, 5.41) is 9.35. The largest absolute Gasteiger partial charge is 0.497 e. The Labute approximate surface area is 297 Å². The van der Waals surface area contributed by atoms with Gasteiger partial charge in [0.25, 0.3) is 0 Å². The van der Waals surface area contributed by atoms with E-state index in [1.54, 1.807) is 111 Å². The highest BCUT2D eigenvalue weighted by Crippen LogP contribution is 2.26. The van der Waals surface area contributed by atoms with Crippen molar-refractivity contribution in [3.8, 4) is 5.75 Å². The number of hydrogen-bond acceptors (Lipinski definition) is 11. The summed E-state index contributed by atoms with van der Waals surface area (Å²) in [5.74, 6) is -2.06. The molecule has 4 aromatic rings. The molecule has 0 fully saturated rings. The van der Waals surface area contributed by atoms with Crippen molar-refractivity contribution in [1.82, 2.24) is 0 Å². The lowest BCUT2D eigenvalue weighted by atomic mass is 10.0. The minimum Gasteiger partial charge on any atom is -0.497 e. The van der Waals surface area contributed by atoms with Gasteiger partial charge in [0.2, 0.25) is 0 Å². The van der Waals surface area contributed by atoms with Crippen LogP contribution in [0, 0.1) is 0 Å². The molecule has 2 atom stereocenters. The van der Waals surface area contributed by atoms with Crippen molar-refractivity contribution in [2.24, 2.45) is 0 Å². The van der Waals surface area contributed by atoms with E-state index in [9.17, 15) is 24.3 Å². The van der Waals surface area contributed by atoms with E-state index in [2.05, 4.69) is 0 Å². The van der Waals surface area contributed by atoms with Gasteiger partial charge in [-0.15, -0.1) is 0 Å². The highest BCUT2D eigenvalue weighted by Gasteiger charge is 2.40. The molecule has 4 rings (SSSR count). The Morgan fingerprint density at radius 2 is 0.922 bits per heavy atom. The maximum atomic E-state index is 13.3. The SMILES string of the molecule is CCC(COCC(CC)(COC(=O)c1ccc(OC)cc1)OC(=O)c1ccccc1)(COC(=O)c1ccc(CO)cc1)OC(=O)c1ccccc1. The van der Waals surface area contributed by atoms with E-state index in [4.69, 9.17) is 28.4 Å². The topological polar surface area (TPSA) is 144 Å². The molecule has 0 saturated carbocycles. The Kier molecular flexibility index (Phi) is 13.9. The molecule has 0 amide bonds. The lowest BCUT2D eigenvalue weighted by molar-refractivity contribution is -0.135. The van der Waals surface area contributed by atoms with Crippen LogP contribution in [0.1, 0.15) is 73.7 Å². The maximum absolute atomic E-state index is 13.3. The maximum Gasteiger partial charge on any atom is 0.338 e. The number of aliphatic hydroxyl groups is 1. The highest BCUT2D eigenvalue weighted by molar-refractivity contribution is 5.91. The molecule has 0 aliphatic rings. The summed E-state index contributed by atoms with van der Waals surface area (Å²) in [6.07, 6.45) is 0.362. The zero-order valence-corrected chi connectivity index (χ0v) is 28.9. The zero-order chi connectivity index (χ0) is 36.7. The Morgan fingerprint density at radius 3 is 1.29 bits per heavy atom. The van der Waals surface area contributed by atoms with Crippen LogP contribution >= 0.6 is 0 Å². The Hall–Kier alpha value is -5.52. The highest BCUT2D eigenvalue weighted by atomic mass is 16.6. The molecule has 11 nitrogen and oxygen atoms in total. The molecule has 0 aliphatic carbocycles. The second-order valence-corrected chi connectivity index (χ2v) is 11.8. The number of rotatable bonds is 18. The third kappa shape index (κ3) is 10.7. The lowest BCUT2D eigenvalue weighted by Gasteiger charge is -2.35. The number of carbonyl (C=O) groups excluding carboxylic acids is 4. The summed E-state index contributed by atoms with van der Waals surface area (Å²) in [5.41, 5.74) is -1.21. The standard InChI is InChI=1S/C40H42O11/c1-4-39(50-37(44)30-12-8-6-9-13-30,27-48-35(42)32-18-16-29(24-41)17-19-32)25-47-26-40(5-2,51-38(45)31-14-10-7-11-15-31)28-49-36(43)33-20-22-34(46-3)23-21-33/h6-23,41H,4-5,24-28H2,1-3H3. The number of methoxy groups -OCH3 is 1. The summed E-state index contributed by atoms with van der Waals surface area (Å²) in [6, 6.07) is 29.3. The number of hydrogen-bond donors (Lipinski definition) is 1. The number of carbonyl (C=O) groups is 4. The number of esters is 4. The van der Waals surface area contributed by atoms with Crippen LogP contribution in [-0.2, 0) is 30.3 Å². The fourth-order valence-corrected chi connectivity index (χ4v) is 4.87. The minimum absolute atomic E-state index is 0.178. The molecular weight excluding hydrogens is 656 g/mol. The molecule has 0 saturated heterocycles. The van der Waals surface area contributed by atoms with Gasteiger partial charge in [-0.25, -0.2) is 19.2 Å². The van der Waals surface area contributed by atoms with Crippen LogP contribution in [-0.4, -0.2) is 73.7 Å². The molecular formula is C40H42O11. The van der Waals surface area contributed by atoms with Gasteiger partial charge in [-0.05, 0) is 79.1 Å². The number of ether oxygens (including phenoxy) is 6. The Morgan fingerprint density at radius 1 is 0.529 bits per heavy atom. The average molecular weight is 699 g/mol. The monoisotopic (exact) mass is 698 g/mol. The van der Waals surface area contributed by atoms with Crippen LogP contribution in [0.4, 0.5) is 0 Å². The van der Waals surface area contributed by atoms with E-state index in [1.165, 1.54) is 19.2 Å². The third-order valence-corrected chi connectivity index (χ3v) is 8.29. The summed E-state index contributed by atoms with van der Waals surface area (Å²) >= 11 is 0. The van der Waals surface area contributed by atoms with Gasteiger partial charge in [-0.2, -0.15) is 0 Å². The van der Waals surface area contributed by atoms with Gasteiger partial charge in [0, 0.05) is 0 Å². The van der Waals surface area contributed by atoms with Gasteiger partial charge in [0.05, 0.1) is 49.2 Å². The summed E-state index contributed by atoms with van der Waals surface area (Å²) in [4.78, 5) is 52.7. The molecule has 1 N–H and O–H groups in total. The molecule has 11 heteroatoms. The zero-order valence-electron chi connectivity index (χ0n) is 28.9. The molecule has 0 aliphatic heterocycles. The van der Waals surface area contributed by atoms with Crippen LogP contribution in [0.5, 0.6) is 5.75 Å². The smallest absolute Gasteiger partial charge is 0.338 e. The van der Waals surface area contributed by atoms with Crippen LogP contribution < -0.4 is 4.74 Å². The molecule has 4 aromatic carbocycles. The Bertz CT molecular complexity index is 1600.